The number of ether oxygens (including phenoxy) is 1. The maximum atomic E-state index is 12.9. The maximum absolute atomic E-state index is 12.9. The van der Waals surface area contributed by atoms with Gasteiger partial charge in [-0.2, -0.15) is 0 Å². The maximum Gasteiger partial charge on any atom is 0.251 e. The number of aryl methyl sites for hydroxylation is 1. The van der Waals surface area contributed by atoms with E-state index in [-0.39, 0.29) is 40.1 Å². The van der Waals surface area contributed by atoms with E-state index in [0.717, 1.165) is 37.7 Å². The zero-order valence-corrected chi connectivity index (χ0v) is 18.1. The number of carbonyl (C=O) groups is 1. The Labute approximate surface area is 182 Å². The average Bonchev–Trinajstić information content (AvgIpc) is 3.26. The van der Waals surface area contributed by atoms with Crippen molar-refractivity contribution in [3.63, 3.8) is 0 Å². The van der Waals surface area contributed by atoms with Crippen molar-refractivity contribution in [2.75, 3.05) is 13.2 Å². The van der Waals surface area contributed by atoms with Crippen LogP contribution in [0.3, 0.4) is 0 Å². The summed E-state index contributed by atoms with van der Waals surface area (Å²) >= 11 is 6.16. The van der Waals surface area contributed by atoms with Crippen LogP contribution < -0.4 is 10.0 Å². The molecule has 160 valence electrons. The molecule has 0 saturated carbocycles. The molecule has 30 heavy (non-hydrogen) atoms. The van der Waals surface area contributed by atoms with Gasteiger partial charge in [0.05, 0.1) is 17.2 Å². The third kappa shape index (κ3) is 4.70. The fourth-order valence-corrected chi connectivity index (χ4v) is 5.67. The highest BCUT2D eigenvalue weighted by Crippen LogP contribution is 2.30. The molecule has 0 radical (unpaired) electrons. The Bertz CT molecular complexity index is 1040. The second-order valence-electron chi connectivity index (χ2n) is 7.75. The fraction of sp³-hybridized carbons (Fsp3) is 0.409. The number of benzene rings is 2. The molecule has 2 aromatic carbocycles. The minimum Gasteiger partial charge on any atom is -0.377 e. The summed E-state index contributed by atoms with van der Waals surface area (Å²) in [5.74, 6) is -0.316. The molecule has 1 aliphatic heterocycles. The van der Waals surface area contributed by atoms with Crippen molar-refractivity contribution in [2.24, 2.45) is 0 Å². The molecule has 2 atom stereocenters. The molecule has 2 aromatic rings. The van der Waals surface area contributed by atoms with E-state index in [4.69, 9.17) is 16.3 Å². The van der Waals surface area contributed by atoms with Gasteiger partial charge in [-0.05, 0) is 61.4 Å². The molecule has 6 nitrogen and oxygen atoms in total. The second kappa shape index (κ2) is 9.06. The molecule has 0 aromatic heterocycles. The first-order valence-electron chi connectivity index (χ1n) is 10.2. The molecule has 0 spiro atoms. The Hall–Kier alpha value is -1.93. The zero-order valence-electron chi connectivity index (χ0n) is 16.6. The Kier molecular flexibility index (Phi) is 6.43. The molecular formula is C22H25ClN2O4S. The monoisotopic (exact) mass is 448 g/mol. The lowest BCUT2D eigenvalue weighted by molar-refractivity contribution is 0.0932. The molecule has 1 heterocycles. The van der Waals surface area contributed by atoms with Crippen LogP contribution in [0, 0.1) is 0 Å². The summed E-state index contributed by atoms with van der Waals surface area (Å²) in [6.07, 6.45) is 4.47. The predicted molar refractivity (Wildman–Crippen MR) is 115 cm³/mol. The van der Waals surface area contributed by atoms with E-state index >= 15 is 0 Å². The molecule has 1 amide bonds. The lowest BCUT2D eigenvalue weighted by Gasteiger charge is -2.26. The van der Waals surface area contributed by atoms with Crippen molar-refractivity contribution < 1.29 is 17.9 Å². The lowest BCUT2D eigenvalue weighted by Crippen LogP contribution is -2.33. The number of rotatable bonds is 6. The highest BCUT2D eigenvalue weighted by Gasteiger charge is 2.25. The van der Waals surface area contributed by atoms with Crippen molar-refractivity contribution in [2.45, 2.75) is 49.1 Å². The van der Waals surface area contributed by atoms with Crippen molar-refractivity contribution in [3.8, 4) is 0 Å². The van der Waals surface area contributed by atoms with Gasteiger partial charge in [0.15, 0.2) is 0 Å². The third-order valence-corrected chi connectivity index (χ3v) is 7.59. The van der Waals surface area contributed by atoms with Crippen LogP contribution in [0.1, 0.15) is 53.2 Å². The first-order valence-corrected chi connectivity index (χ1v) is 12.1. The zero-order chi connectivity index (χ0) is 21.1. The molecule has 1 saturated heterocycles. The van der Waals surface area contributed by atoms with Crippen molar-refractivity contribution in [1.82, 2.24) is 10.0 Å². The van der Waals surface area contributed by atoms with Crippen molar-refractivity contribution in [1.29, 1.82) is 0 Å². The van der Waals surface area contributed by atoms with E-state index in [9.17, 15) is 13.2 Å². The van der Waals surface area contributed by atoms with E-state index < -0.39 is 10.0 Å². The molecule has 1 aliphatic carbocycles. The third-order valence-electron chi connectivity index (χ3n) is 5.68. The van der Waals surface area contributed by atoms with E-state index in [2.05, 4.69) is 16.1 Å². The molecule has 0 bridgehead atoms. The minimum atomic E-state index is -3.86. The normalized spacial score (nSPS) is 21.2. The van der Waals surface area contributed by atoms with Gasteiger partial charge >= 0.3 is 0 Å². The Morgan fingerprint density at radius 3 is 2.77 bits per heavy atom. The molecule has 2 aliphatic rings. The lowest BCUT2D eigenvalue weighted by atomic mass is 9.87. The topological polar surface area (TPSA) is 84.5 Å². The minimum absolute atomic E-state index is 0.0782. The summed E-state index contributed by atoms with van der Waals surface area (Å²) in [6.45, 7) is 0.834. The molecule has 4 rings (SSSR count). The van der Waals surface area contributed by atoms with Gasteiger partial charge < -0.3 is 10.1 Å². The molecule has 8 heteroatoms. The largest absolute Gasteiger partial charge is 0.377 e. The van der Waals surface area contributed by atoms with Crippen LogP contribution in [0.4, 0.5) is 0 Å². The highest BCUT2D eigenvalue weighted by atomic mass is 35.5. The number of fused-ring (bicyclic) bond motifs is 1. The van der Waals surface area contributed by atoms with Gasteiger partial charge in [-0.3, -0.25) is 4.79 Å². The summed E-state index contributed by atoms with van der Waals surface area (Å²) in [6, 6.07) is 12.3. The summed E-state index contributed by atoms with van der Waals surface area (Å²) < 4.78 is 33.5. The highest BCUT2D eigenvalue weighted by molar-refractivity contribution is 7.89. The first kappa shape index (κ1) is 21.3. The van der Waals surface area contributed by atoms with Crippen LogP contribution in [-0.4, -0.2) is 33.6 Å². The smallest absolute Gasteiger partial charge is 0.251 e. The first-order chi connectivity index (χ1) is 14.4. The summed E-state index contributed by atoms with van der Waals surface area (Å²) in [4.78, 5) is 12.8. The number of sulfonamides is 1. The SMILES string of the molecule is O=C(NC1CCCc2ccccc21)c1ccc(Cl)c(S(=O)(=O)NCC2CCCO2)c1. The Morgan fingerprint density at radius 1 is 1.13 bits per heavy atom. The quantitative estimate of drug-likeness (QED) is 0.707. The Morgan fingerprint density at radius 2 is 1.97 bits per heavy atom. The van der Waals surface area contributed by atoms with E-state index in [1.165, 1.54) is 17.7 Å². The molecular weight excluding hydrogens is 424 g/mol. The van der Waals surface area contributed by atoms with Crippen LogP contribution in [0.15, 0.2) is 47.4 Å². The molecule has 2 N–H and O–H groups in total. The fourth-order valence-electron chi connectivity index (χ4n) is 4.08. The van der Waals surface area contributed by atoms with Crippen LogP contribution in [-0.2, 0) is 21.2 Å². The molecule has 1 fully saturated rings. The van der Waals surface area contributed by atoms with Gasteiger partial charge in [0.1, 0.15) is 4.90 Å². The summed E-state index contributed by atoms with van der Waals surface area (Å²) in [5.41, 5.74) is 2.63. The number of hydrogen-bond donors (Lipinski definition) is 2. The number of nitrogens with one attached hydrogen (secondary N) is 2. The standard InChI is InChI=1S/C22H25ClN2O4S/c23-19-11-10-16(13-21(19)30(27,28)24-14-17-7-4-12-29-17)22(26)25-20-9-3-6-15-5-1-2-8-18(15)20/h1-2,5,8,10-11,13,17,20,24H,3-4,6-7,9,12,14H2,(H,25,26). The van der Waals surface area contributed by atoms with Crippen molar-refractivity contribution in [3.05, 3.63) is 64.2 Å². The van der Waals surface area contributed by atoms with Gasteiger partial charge in [0, 0.05) is 18.7 Å². The Balaban J connectivity index is 1.50. The second-order valence-corrected chi connectivity index (χ2v) is 9.89. The van der Waals surface area contributed by atoms with Crippen LogP contribution in [0.25, 0.3) is 0 Å². The number of amides is 1. The van der Waals surface area contributed by atoms with E-state index in [1.54, 1.807) is 6.07 Å². The number of halogens is 1. The van der Waals surface area contributed by atoms with Gasteiger partial charge in [-0.1, -0.05) is 35.9 Å². The predicted octanol–water partition coefficient (Wildman–Crippen LogP) is 3.60. The van der Waals surface area contributed by atoms with Crippen molar-refractivity contribution >= 4 is 27.5 Å². The molecule has 2 unspecified atom stereocenters. The van der Waals surface area contributed by atoms with Gasteiger partial charge in [0.2, 0.25) is 10.0 Å². The van der Waals surface area contributed by atoms with Gasteiger partial charge in [0.25, 0.3) is 5.91 Å². The average molecular weight is 449 g/mol. The summed E-state index contributed by atoms with van der Waals surface area (Å²) in [5, 5.41) is 3.13. The van der Waals surface area contributed by atoms with Crippen LogP contribution >= 0.6 is 11.6 Å². The number of carbonyl (C=O) groups excluding carboxylic acids is 1. The van der Waals surface area contributed by atoms with Crippen LogP contribution in [0.2, 0.25) is 5.02 Å². The van der Waals surface area contributed by atoms with Gasteiger partial charge in [-0.25, -0.2) is 13.1 Å². The van der Waals surface area contributed by atoms with E-state index in [0.29, 0.717) is 6.61 Å². The summed E-state index contributed by atoms with van der Waals surface area (Å²) in [7, 11) is -3.86. The van der Waals surface area contributed by atoms with Gasteiger partial charge in [-0.15, -0.1) is 0 Å². The number of hydrogen-bond acceptors (Lipinski definition) is 4. The van der Waals surface area contributed by atoms with Crippen LogP contribution in [0.5, 0.6) is 0 Å². The van der Waals surface area contributed by atoms with E-state index in [1.807, 2.05) is 18.2 Å².